The predicted octanol–water partition coefficient (Wildman–Crippen LogP) is 3.28. The van der Waals surface area contributed by atoms with Crippen molar-refractivity contribution >= 4 is 17.9 Å². The topological polar surface area (TPSA) is 112 Å². The third-order valence-corrected chi connectivity index (χ3v) is 4.66. The molecule has 0 aromatic heterocycles. The van der Waals surface area contributed by atoms with E-state index in [9.17, 15) is 19.6 Å². The van der Waals surface area contributed by atoms with Crippen LogP contribution in [0, 0.1) is 23.7 Å². The lowest BCUT2D eigenvalue weighted by molar-refractivity contribution is -0.141. The second-order valence-corrected chi connectivity index (χ2v) is 8.66. The van der Waals surface area contributed by atoms with E-state index in [2.05, 4.69) is 23.5 Å². The van der Waals surface area contributed by atoms with E-state index in [0.29, 0.717) is 17.7 Å². The summed E-state index contributed by atoms with van der Waals surface area (Å²) in [5.41, 5.74) is 0.396. The van der Waals surface area contributed by atoms with Gasteiger partial charge in [0.05, 0.1) is 6.07 Å². The van der Waals surface area contributed by atoms with Gasteiger partial charge in [-0.1, -0.05) is 37.8 Å². The van der Waals surface area contributed by atoms with Crippen molar-refractivity contribution in [2.24, 2.45) is 0 Å². The number of unbranched alkanes of at least 4 members (excludes halogenated alkanes) is 2. The maximum Gasteiger partial charge on any atom is 0.408 e. The molecule has 0 heterocycles. The highest BCUT2D eigenvalue weighted by Gasteiger charge is 2.34. The van der Waals surface area contributed by atoms with Crippen LogP contribution < -0.4 is 10.6 Å². The quantitative estimate of drug-likeness (QED) is 0.320. The molecule has 0 radical (unpaired) electrons. The van der Waals surface area contributed by atoms with Gasteiger partial charge in [0.25, 0.3) is 0 Å². The molecular formula is C25H34N4O4. The Balaban J connectivity index is 3.20. The number of rotatable bonds is 10. The van der Waals surface area contributed by atoms with E-state index in [1.807, 2.05) is 6.07 Å². The molecule has 33 heavy (non-hydrogen) atoms. The fourth-order valence-corrected chi connectivity index (χ4v) is 3.09. The summed E-state index contributed by atoms with van der Waals surface area (Å²) in [4.78, 5) is 39.7. The Morgan fingerprint density at radius 3 is 2.33 bits per heavy atom. The summed E-state index contributed by atoms with van der Waals surface area (Å²) in [7, 11) is 0. The molecule has 0 spiro atoms. The van der Waals surface area contributed by atoms with Crippen LogP contribution in [-0.2, 0) is 14.3 Å². The molecule has 1 rings (SSSR count). The predicted molar refractivity (Wildman–Crippen MR) is 126 cm³/mol. The van der Waals surface area contributed by atoms with Crippen molar-refractivity contribution in [3.05, 3.63) is 35.4 Å². The minimum atomic E-state index is -1.06. The first-order valence-corrected chi connectivity index (χ1v) is 11.0. The summed E-state index contributed by atoms with van der Waals surface area (Å²) in [5, 5.41) is 14.7. The van der Waals surface area contributed by atoms with E-state index in [-0.39, 0.29) is 6.54 Å². The molecule has 0 bridgehead atoms. The average molecular weight is 455 g/mol. The SMILES string of the molecule is C#Cc1ccc(C(C(=O)NCCCCC)N(CC#N)C(=O)C(C)NC(=O)OC(C)(C)C)cc1. The Morgan fingerprint density at radius 2 is 1.82 bits per heavy atom. The zero-order chi connectivity index (χ0) is 25.0. The first-order valence-electron chi connectivity index (χ1n) is 11.0. The summed E-state index contributed by atoms with van der Waals surface area (Å²) in [6.45, 7) is 8.77. The fraction of sp³-hybridized carbons (Fsp3) is 0.520. The number of terminal acetylenes is 1. The van der Waals surface area contributed by atoms with Crippen molar-refractivity contribution < 1.29 is 19.1 Å². The van der Waals surface area contributed by atoms with Crippen LogP contribution in [0.1, 0.15) is 71.0 Å². The second kappa shape index (κ2) is 13.1. The van der Waals surface area contributed by atoms with Crippen LogP contribution in [0.25, 0.3) is 0 Å². The molecule has 0 saturated heterocycles. The number of hydrogen-bond acceptors (Lipinski definition) is 5. The number of ether oxygens (including phenoxy) is 1. The van der Waals surface area contributed by atoms with Gasteiger partial charge in [0.15, 0.2) is 0 Å². The van der Waals surface area contributed by atoms with Gasteiger partial charge in [0.1, 0.15) is 24.2 Å². The molecule has 2 atom stereocenters. The van der Waals surface area contributed by atoms with Crippen molar-refractivity contribution in [1.82, 2.24) is 15.5 Å². The lowest BCUT2D eigenvalue weighted by atomic mass is 10.0. The third kappa shape index (κ3) is 9.24. The lowest BCUT2D eigenvalue weighted by Gasteiger charge is -2.32. The van der Waals surface area contributed by atoms with Crippen molar-refractivity contribution in [3.63, 3.8) is 0 Å². The van der Waals surface area contributed by atoms with Gasteiger partial charge >= 0.3 is 6.09 Å². The van der Waals surface area contributed by atoms with Crippen LogP contribution in [0.5, 0.6) is 0 Å². The average Bonchev–Trinajstić information content (AvgIpc) is 2.75. The van der Waals surface area contributed by atoms with Crippen LogP contribution in [0.4, 0.5) is 4.79 Å². The van der Waals surface area contributed by atoms with E-state index in [4.69, 9.17) is 11.2 Å². The number of hydrogen-bond donors (Lipinski definition) is 2. The smallest absolute Gasteiger partial charge is 0.408 e. The van der Waals surface area contributed by atoms with Gasteiger partial charge in [-0.05, 0) is 51.8 Å². The molecule has 1 aromatic rings. The highest BCUT2D eigenvalue weighted by Crippen LogP contribution is 2.23. The summed E-state index contributed by atoms with van der Waals surface area (Å²) < 4.78 is 5.21. The van der Waals surface area contributed by atoms with Crippen molar-refractivity contribution in [1.29, 1.82) is 5.26 Å². The summed E-state index contributed by atoms with van der Waals surface area (Å²) >= 11 is 0. The molecule has 3 amide bonds. The van der Waals surface area contributed by atoms with Gasteiger partial charge in [-0.15, -0.1) is 6.42 Å². The maximum atomic E-state index is 13.2. The molecule has 8 heteroatoms. The third-order valence-electron chi connectivity index (χ3n) is 4.66. The maximum absolute atomic E-state index is 13.2. The monoisotopic (exact) mass is 454 g/mol. The lowest BCUT2D eigenvalue weighted by Crippen LogP contribution is -2.52. The Labute approximate surface area is 196 Å². The van der Waals surface area contributed by atoms with Gasteiger partial charge in [-0.25, -0.2) is 4.79 Å². The largest absolute Gasteiger partial charge is 0.444 e. The standard InChI is InChI=1S/C25H34N4O4/c1-7-9-10-16-27-22(30)21(20-13-11-19(8-2)12-14-20)29(17-15-26)23(31)18(3)28-24(32)33-25(4,5)6/h2,11-14,18,21H,7,9-10,16-17H2,1,3-6H3,(H,27,30)(H,28,32). The van der Waals surface area contributed by atoms with E-state index in [0.717, 1.165) is 24.2 Å². The Bertz CT molecular complexity index is 891. The van der Waals surface area contributed by atoms with Crippen molar-refractivity contribution in [2.75, 3.05) is 13.1 Å². The molecule has 0 aliphatic carbocycles. The van der Waals surface area contributed by atoms with Gasteiger partial charge in [0.2, 0.25) is 11.8 Å². The molecule has 2 unspecified atom stereocenters. The first-order chi connectivity index (χ1) is 15.5. The number of nitrogens with one attached hydrogen (secondary N) is 2. The highest BCUT2D eigenvalue weighted by molar-refractivity contribution is 5.92. The van der Waals surface area contributed by atoms with Crippen LogP contribution in [0.2, 0.25) is 0 Å². The van der Waals surface area contributed by atoms with Crippen LogP contribution in [0.15, 0.2) is 24.3 Å². The number of amides is 3. The minimum absolute atomic E-state index is 0.344. The molecule has 8 nitrogen and oxygen atoms in total. The molecule has 0 aliphatic heterocycles. The molecule has 0 saturated carbocycles. The van der Waals surface area contributed by atoms with Gasteiger partial charge in [0, 0.05) is 12.1 Å². The zero-order valence-corrected chi connectivity index (χ0v) is 20.1. The second-order valence-electron chi connectivity index (χ2n) is 8.66. The Kier molecular flexibility index (Phi) is 10.9. The molecule has 2 N–H and O–H groups in total. The van der Waals surface area contributed by atoms with Gasteiger partial charge < -0.3 is 20.3 Å². The van der Waals surface area contributed by atoms with E-state index >= 15 is 0 Å². The number of nitrogens with zero attached hydrogens (tertiary/aromatic N) is 2. The molecule has 178 valence electrons. The van der Waals surface area contributed by atoms with Gasteiger partial charge in [-0.3, -0.25) is 9.59 Å². The van der Waals surface area contributed by atoms with Gasteiger partial charge in [-0.2, -0.15) is 5.26 Å². The summed E-state index contributed by atoms with van der Waals surface area (Å²) in [5.74, 6) is 1.52. The zero-order valence-electron chi connectivity index (χ0n) is 20.1. The highest BCUT2D eigenvalue weighted by atomic mass is 16.6. The van der Waals surface area contributed by atoms with E-state index < -0.39 is 35.6 Å². The van der Waals surface area contributed by atoms with Crippen LogP contribution in [0.3, 0.4) is 0 Å². The summed E-state index contributed by atoms with van der Waals surface area (Å²) in [6, 6.07) is 6.53. The molecule has 0 aliphatic rings. The van der Waals surface area contributed by atoms with E-state index in [1.165, 1.54) is 6.92 Å². The number of carbonyl (C=O) groups excluding carboxylic acids is 3. The minimum Gasteiger partial charge on any atom is -0.444 e. The molecule has 0 fully saturated rings. The first kappa shape index (κ1) is 27.5. The fourth-order valence-electron chi connectivity index (χ4n) is 3.09. The normalized spacial score (nSPS) is 12.5. The number of nitriles is 1. The number of alkyl carbamates (subject to hydrolysis) is 1. The number of benzene rings is 1. The van der Waals surface area contributed by atoms with Crippen molar-refractivity contribution in [2.45, 2.75) is 71.6 Å². The Hall–Kier alpha value is -3.52. The van der Waals surface area contributed by atoms with Crippen LogP contribution >= 0.6 is 0 Å². The van der Waals surface area contributed by atoms with E-state index in [1.54, 1.807) is 45.0 Å². The van der Waals surface area contributed by atoms with Crippen LogP contribution in [-0.4, -0.2) is 47.5 Å². The Morgan fingerprint density at radius 1 is 1.18 bits per heavy atom. The van der Waals surface area contributed by atoms with Crippen molar-refractivity contribution in [3.8, 4) is 18.4 Å². The molecule has 1 aromatic carbocycles. The summed E-state index contributed by atoms with van der Waals surface area (Å²) in [6.07, 6.45) is 7.42. The number of carbonyl (C=O) groups is 3. The molecular weight excluding hydrogens is 420 g/mol.